The van der Waals surface area contributed by atoms with E-state index in [0.29, 0.717) is 30.8 Å². The van der Waals surface area contributed by atoms with Gasteiger partial charge in [0.05, 0.1) is 12.6 Å². The smallest absolute Gasteiger partial charge is 0.246 e. The van der Waals surface area contributed by atoms with Gasteiger partial charge in [0, 0.05) is 26.4 Å². The standard InChI is InChI=1S/C14H21N5O3/c1-4-5-12-15-13(22-18-12)8-19-6-9(2)20-11(7-19)14-17-16-10(3)21-14/h9,11H,4-8H2,1-3H3/t9-,11-/m1/s1. The molecule has 2 aromatic heterocycles. The van der Waals surface area contributed by atoms with E-state index >= 15 is 0 Å². The van der Waals surface area contributed by atoms with Crippen LogP contribution in [-0.2, 0) is 17.7 Å². The number of aromatic nitrogens is 4. The first-order chi connectivity index (χ1) is 10.6. The van der Waals surface area contributed by atoms with Gasteiger partial charge in [-0.3, -0.25) is 4.90 Å². The van der Waals surface area contributed by atoms with Crippen molar-refractivity contribution < 1.29 is 13.7 Å². The van der Waals surface area contributed by atoms with Gasteiger partial charge < -0.3 is 13.7 Å². The van der Waals surface area contributed by atoms with Crippen LogP contribution in [0.2, 0.25) is 0 Å². The summed E-state index contributed by atoms with van der Waals surface area (Å²) in [4.78, 5) is 6.62. The Kier molecular flexibility index (Phi) is 4.49. The third kappa shape index (κ3) is 3.50. The monoisotopic (exact) mass is 307 g/mol. The molecular formula is C14H21N5O3. The molecule has 0 radical (unpaired) electrons. The van der Waals surface area contributed by atoms with Gasteiger partial charge in [0.15, 0.2) is 5.82 Å². The molecule has 0 amide bonds. The van der Waals surface area contributed by atoms with Crippen LogP contribution in [0.5, 0.6) is 0 Å². The quantitative estimate of drug-likeness (QED) is 0.824. The van der Waals surface area contributed by atoms with Gasteiger partial charge in [-0.25, -0.2) is 0 Å². The molecule has 1 fully saturated rings. The maximum Gasteiger partial charge on any atom is 0.246 e. The zero-order valence-corrected chi connectivity index (χ0v) is 13.2. The molecule has 1 aliphatic heterocycles. The van der Waals surface area contributed by atoms with Gasteiger partial charge in [-0.05, 0) is 13.3 Å². The second-order valence-electron chi connectivity index (χ2n) is 5.64. The molecule has 2 atom stereocenters. The van der Waals surface area contributed by atoms with E-state index in [-0.39, 0.29) is 12.2 Å². The second kappa shape index (κ2) is 6.53. The van der Waals surface area contributed by atoms with Crippen molar-refractivity contribution in [3.05, 3.63) is 23.5 Å². The fourth-order valence-corrected chi connectivity index (χ4v) is 2.62. The highest BCUT2D eigenvalue weighted by atomic mass is 16.5. The van der Waals surface area contributed by atoms with Crippen molar-refractivity contribution in [3.63, 3.8) is 0 Å². The molecule has 1 aliphatic rings. The molecule has 3 heterocycles. The summed E-state index contributed by atoms with van der Waals surface area (Å²) in [7, 11) is 0. The molecule has 0 spiro atoms. The summed E-state index contributed by atoms with van der Waals surface area (Å²) in [6.07, 6.45) is 1.70. The number of morpholine rings is 1. The number of nitrogens with zero attached hydrogens (tertiary/aromatic N) is 5. The highest BCUT2D eigenvalue weighted by molar-refractivity contribution is 4.92. The van der Waals surface area contributed by atoms with E-state index in [1.165, 1.54) is 0 Å². The van der Waals surface area contributed by atoms with E-state index < -0.39 is 0 Å². The van der Waals surface area contributed by atoms with Gasteiger partial charge in [0.1, 0.15) is 6.10 Å². The Morgan fingerprint density at radius 3 is 2.86 bits per heavy atom. The Bertz CT molecular complexity index is 611. The van der Waals surface area contributed by atoms with E-state index in [1.807, 2.05) is 6.92 Å². The summed E-state index contributed by atoms with van der Waals surface area (Å²) in [6, 6.07) is 0. The van der Waals surface area contributed by atoms with Crippen LogP contribution in [0.1, 0.15) is 49.9 Å². The van der Waals surface area contributed by atoms with Crippen LogP contribution in [0.25, 0.3) is 0 Å². The summed E-state index contributed by atoms with van der Waals surface area (Å²) >= 11 is 0. The lowest BCUT2D eigenvalue weighted by Crippen LogP contribution is -2.42. The van der Waals surface area contributed by atoms with Crippen molar-refractivity contribution in [3.8, 4) is 0 Å². The predicted molar refractivity (Wildman–Crippen MR) is 75.9 cm³/mol. The normalized spacial score (nSPS) is 23.0. The molecule has 0 aliphatic carbocycles. The number of hydrogen-bond acceptors (Lipinski definition) is 8. The molecule has 0 saturated carbocycles. The summed E-state index contributed by atoms with van der Waals surface area (Å²) in [5, 5.41) is 11.9. The maximum atomic E-state index is 5.89. The van der Waals surface area contributed by atoms with Gasteiger partial charge in [-0.15, -0.1) is 10.2 Å². The summed E-state index contributed by atoms with van der Waals surface area (Å²) < 4.78 is 16.7. The molecule has 8 nitrogen and oxygen atoms in total. The van der Waals surface area contributed by atoms with Crippen molar-refractivity contribution in [2.45, 2.75) is 52.4 Å². The van der Waals surface area contributed by atoms with Crippen molar-refractivity contribution in [2.75, 3.05) is 13.1 Å². The molecule has 2 aromatic rings. The molecule has 0 bridgehead atoms. The van der Waals surface area contributed by atoms with Crippen LogP contribution in [0.15, 0.2) is 8.94 Å². The lowest BCUT2D eigenvalue weighted by Gasteiger charge is -2.34. The Hall–Kier alpha value is -1.80. The lowest BCUT2D eigenvalue weighted by molar-refractivity contribution is -0.0935. The summed E-state index contributed by atoms with van der Waals surface area (Å²) in [5.41, 5.74) is 0. The largest absolute Gasteiger partial charge is 0.423 e. The Morgan fingerprint density at radius 1 is 1.27 bits per heavy atom. The molecule has 0 N–H and O–H groups in total. The predicted octanol–water partition coefficient (Wildman–Crippen LogP) is 1.68. The van der Waals surface area contributed by atoms with Crippen molar-refractivity contribution in [1.29, 1.82) is 0 Å². The number of aryl methyl sites for hydroxylation is 2. The van der Waals surface area contributed by atoms with E-state index in [1.54, 1.807) is 6.92 Å². The molecule has 120 valence electrons. The topological polar surface area (TPSA) is 90.3 Å². The SMILES string of the molecule is CCCc1noc(CN2C[C@@H](C)O[C@@H](c3nnc(C)o3)C2)n1. The summed E-state index contributed by atoms with van der Waals surface area (Å²) in [5.74, 6) is 2.47. The Labute approximate surface area is 128 Å². The van der Waals surface area contributed by atoms with Crippen LogP contribution in [0, 0.1) is 6.92 Å². The first-order valence-corrected chi connectivity index (χ1v) is 7.63. The minimum atomic E-state index is -0.219. The fourth-order valence-electron chi connectivity index (χ4n) is 2.62. The maximum absolute atomic E-state index is 5.89. The van der Waals surface area contributed by atoms with Gasteiger partial charge in [0.2, 0.25) is 17.7 Å². The van der Waals surface area contributed by atoms with E-state index in [2.05, 4.69) is 32.2 Å². The van der Waals surface area contributed by atoms with Gasteiger partial charge >= 0.3 is 0 Å². The lowest BCUT2D eigenvalue weighted by atomic mass is 10.2. The summed E-state index contributed by atoms with van der Waals surface area (Å²) in [6.45, 7) is 7.96. The van der Waals surface area contributed by atoms with Gasteiger partial charge in [-0.2, -0.15) is 4.98 Å². The Balaban J connectivity index is 1.65. The molecule has 22 heavy (non-hydrogen) atoms. The second-order valence-corrected chi connectivity index (χ2v) is 5.64. The third-order valence-corrected chi connectivity index (χ3v) is 3.50. The van der Waals surface area contributed by atoms with E-state index in [9.17, 15) is 0 Å². The van der Waals surface area contributed by atoms with E-state index in [0.717, 1.165) is 25.2 Å². The zero-order valence-electron chi connectivity index (χ0n) is 13.2. The van der Waals surface area contributed by atoms with E-state index in [4.69, 9.17) is 13.7 Å². The van der Waals surface area contributed by atoms with Crippen molar-refractivity contribution in [2.24, 2.45) is 0 Å². The molecule has 1 saturated heterocycles. The van der Waals surface area contributed by atoms with Crippen LogP contribution in [0.4, 0.5) is 0 Å². The number of ether oxygens (including phenoxy) is 1. The first-order valence-electron chi connectivity index (χ1n) is 7.63. The Morgan fingerprint density at radius 2 is 2.14 bits per heavy atom. The minimum absolute atomic E-state index is 0.0731. The van der Waals surface area contributed by atoms with Crippen LogP contribution in [0.3, 0.4) is 0 Å². The molecule has 8 heteroatoms. The van der Waals surface area contributed by atoms with Gasteiger partial charge in [0.25, 0.3) is 0 Å². The van der Waals surface area contributed by atoms with Gasteiger partial charge in [-0.1, -0.05) is 12.1 Å². The average molecular weight is 307 g/mol. The average Bonchev–Trinajstić information content (AvgIpc) is 3.08. The molecule has 0 aromatic carbocycles. The molecule has 3 rings (SSSR count). The number of rotatable bonds is 5. The van der Waals surface area contributed by atoms with Crippen LogP contribution in [-0.4, -0.2) is 44.4 Å². The molecular weight excluding hydrogens is 286 g/mol. The fraction of sp³-hybridized carbons (Fsp3) is 0.714. The van der Waals surface area contributed by atoms with Crippen molar-refractivity contribution >= 4 is 0 Å². The first kappa shape index (κ1) is 15.1. The third-order valence-electron chi connectivity index (χ3n) is 3.50. The van der Waals surface area contributed by atoms with Crippen molar-refractivity contribution in [1.82, 2.24) is 25.2 Å². The highest BCUT2D eigenvalue weighted by Gasteiger charge is 2.30. The molecule has 0 unspecified atom stereocenters. The van der Waals surface area contributed by atoms with Crippen LogP contribution >= 0.6 is 0 Å². The number of hydrogen-bond donors (Lipinski definition) is 0. The van der Waals surface area contributed by atoms with Crippen LogP contribution < -0.4 is 0 Å². The zero-order chi connectivity index (χ0) is 15.5. The highest BCUT2D eigenvalue weighted by Crippen LogP contribution is 2.25. The minimum Gasteiger partial charge on any atom is -0.423 e.